The number of hydrogen-bond acceptors (Lipinski definition) is 1. The molecule has 12 heavy (non-hydrogen) atoms. The van der Waals surface area contributed by atoms with Crippen LogP contribution >= 0.6 is 0 Å². The molecule has 0 aliphatic carbocycles. The first-order valence-corrected chi connectivity index (χ1v) is 4.42. The summed E-state index contributed by atoms with van der Waals surface area (Å²) in [5, 5.41) is 0. The lowest BCUT2D eigenvalue weighted by molar-refractivity contribution is 0.414. The molecule has 0 spiro atoms. The predicted molar refractivity (Wildman–Crippen MR) is 53.6 cm³/mol. The molecule has 0 saturated carbocycles. The van der Waals surface area contributed by atoms with Crippen molar-refractivity contribution in [1.29, 1.82) is 0 Å². The van der Waals surface area contributed by atoms with Gasteiger partial charge in [-0.1, -0.05) is 5.57 Å². The summed E-state index contributed by atoms with van der Waals surface area (Å²) in [6.45, 7) is 8.63. The predicted octanol–water partition coefficient (Wildman–Crippen LogP) is 3.07. The topological polar surface area (TPSA) is 3.24 Å². The Labute approximate surface area is 75.1 Å². The second kappa shape index (κ2) is 3.61. The van der Waals surface area contributed by atoms with Crippen LogP contribution in [-0.2, 0) is 0 Å². The van der Waals surface area contributed by atoms with Crippen LogP contribution in [0.5, 0.6) is 0 Å². The molecule has 0 unspecified atom stereocenters. The van der Waals surface area contributed by atoms with Gasteiger partial charge in [-0.2, -0.15) is 0 Å². The van der Waals surface area contributed by atoms with E-state index < -0.39 is 0 Å². The lowest BCUT2D eigenvalue weighted by atomic mass is 10.1. The van der Waals surface area contributed by atoms with E-state index in [1.807, 2.05) is 0 Å². The SMILES string of the molecule is CC(C)=C1C=CN(C(C)C)C=C1. The van der Waals surface area contributed by atoms with Crippen LogP contribution in [-0.4, -0.2) is 10.9 Å². The zero-order chi connectivity index (χ0) is 9.14. The van der Waals surface area contributed by atoms with Gasteiger partial charge in [0.25, 0.3) is 0 Å². The van der Waals surface area contributed by atoms with Crippen molar-refractivity contribution in [3.8, 4) is 0 Å². The van der Waals surface area contributed by atoms with Crippen molar-refractivity contribution < 1.29 is 0 Å². The van der Waals surface area contributed by atoms with Crippen molar-refractivity contribution in [2.75, 3.05) is 0 Å². The largest absolute Gasteiger partial charge is 0.352 e. The molecule has 0 atom stereocenters. The number of nitrogens with zero attached hydrogens (tertiary/aromatic N) is 1. The van der Waals surface area contributed by atoms with Crippen molar-refractivity contribution in [2.45, 2.75) is 33.7 Å². The Balaban J connectivity index is 2.74. The molecule has 1 aliphatic heterocycles. The van der Waals surface area contributed by atoms with E-state index in [4.69, 9.17) is 0 Å². The zero-order valence-corrected chi connectivity index (χ0v) is 8.33. The minimum atomic E-state index is 0.552. The first-order chi connectivity index (χ1) is 5.61. The standard InChI is InChI=1S/C11H17N/c1-9(2)11-5-7-12(8-6-11)10(3)4/h5-8,10H,1-4H3. The molecule has 1 heterocycles. The average Bonchev–Trinajstić information content (AvgIpc) is 2.04. The molecule has 1 nitrogen and oxygen atoms in total. The molecule has 0 bridgehead atoms. The average molecular weight is 163 g/mol. The lowest BCUT2D eigenvalue weighted by Gasteiger charge is -2.23. The summed E-state index contributed by atoms with van der Waals surface area (Å²) >= 11 is 0. The Hall–Kier alpha value is -0.980. The van der Waals surface area contributed by atoms with Crippen LogP contribution in [0.15, 0.2) is 35.7 Å². The fourth-order valence-corrected chi connectivity index (χ4v) is 1.12. The molecule has 0 fully saturated rings. The molecule has 0 saturated heterocycles. The van der Waals surface area contributed by atoms with E-state index in [1.54, 1.807) is 0 Å². The van der Waals surface area contributed by atoms with Gasteiger partial charge in [-0.05, 0) is 45.4 Å². The van der Waals surface area contributed by atoms with Gasteiger partial charge in [-0.3, -0.25) is 0 Å². The van der Waals surface area contributed by atoms with Gasteiger partial charge >= 0.3 is 0 Å². The molecular weight excluding hydrogens is 146 g/mol. The summed E-state index contributed by atoms with van der Waals surface area (Å²) in [6, 6.07) is 0.552. The van der Waals surface area contributed by atoms with Gasteiger partial charge in [0.15, 0.2) is 0 Å². The van der Waals surface area contributed by atoms with Gasteiger partial charge in [0.05, 0.1) is 0 Å². The van der Waals surface area contributed by atoms with Gasteiger partial charge in [-0.25, -0.2) is 0 Å². The molecule has 0 aromatic rings. The van der Waals surface area contributed by atoms with E-state index in [2.05, 4.69) is 57.1 Å². The van der Waals surface area contributed by atoms with Gasteiger partial charge in [-0.15, -0.1) is 0 Å². The summed E-state index contributed by atoms with van der Waals surface area (Å²) in [6.07, 6.45) is 8.59. The second-order valence-corrected chi connectivity index (χ2v) is 3.63. The van der Waals surface area contributed by atoms with Crippen LogP contribution in [0.3, 0.4) is 0 Å². The quantitative estimate of drug-likeness (QED) is 0.574. The highest BCUT2D eigenvalue weighted by Crippen LogP contribution is 2.14. The third-order valence-electron chi connectivity index (χ3n) is 2.03. The molecule has 0 radical (unpaired) electrons. The van der Waals surface area contributed by atoms with Gasteiger partial charge in [0, 0.05) is 18.4 Å². The third-order valence-corrected chi connectivity index (χ3v) is 2.03. The van der Waals surface area contributed by atoms with Crippen LogP contribution in [0.4, 0.5) is 0 Å². The first-order valence-electron chi connectivity index (χ1n) is 4.42. The minimum Gasteiger partial charge on any atom is -0.352 e. The maximum Gasteiger partial charge on any atom is 0.0274 e. The minimum absolute atomic E-state index is 0.552. The number of hydrogen-bond donors (Lipinski definition) is 0. The van der Waals surface area contributed by atoms with E-state index in [9.17, 15) is 0 Å². The van der Waals surface area contributed by atoms with Crippen molar-refractivity contribution >= 4 is 0 Å². The Bertz CT molecular complexity index is 224. The molecule has 0 amide bonds. The smallest absolute Gasteiger partial charge is 0.0274 e. The van der Waals surface area contributed by atoms with Crippen LogP contribution in [0.2, 0.25) is 0 Å². The van der Waals surface area contributed by atoms with E-state index in [0.29, 0.717) is 6.04 Å². The highest BCUT2D eigenvalue weighted by molar-refractivity contribution is 5.36. The van der Waals surface area contributed by atoms with E-state index >= 15 is 0 Å². The zero-order valence-electron chi connectivity index (χ0n) is 8.33. The van der Waals surface area contributed by atoms with E-state index in [1.165, 1.54) is 11.1 Å². The number of rotatable bonds is 1. The van der Waals surface area contributed by atoms with Crippen molar-refractivity contribution in [3.05, 3.63) is 35.7 Å². The van der Waals surface area contributed by atoms with Crippen LogP contribution in [0, 0.1) is 0 Å². The molecule has 1 aliphatic rings. The molecule has 66 valence electrons. The summed E-state index contributed by atoms with van der Waals surface area (Å²) < 4.78 is 0. The number of allylic oxidation sites excluding steroid dienone is 4. The van der Waals surface area contributed by atoms with Crippen molar-refractivity contribution in [2.24, 2.45) is 0 Å². The molecule has 0 N–H and O–H groups in total. The maximum absolute atomic E-state index is 2.20. The summed E-state index contributed by atoms with van der Waals surface area (Å²) in [7, 11) is 0. The molecule has 1 rings (SSSR count). The molecular formula is C11H17N. The normalized spacial score (nSPS) is 16.1. The van der Waals surface area contributed by atoms with Gasteiger partial charge in [0.1, 0.15) is 0 Å². The van der Waals surface area contributed by atoms with E-state index in [-0.39, 0.29) is 0 Å². The fraction of sp³-hybridized carbons (Fsp3) is 0.455. The Morgan fingerprint density at radius 2 is 1.67 bits per heavy atom. The summed E-state index contributed by atoms with van der Waals surface area (Å²) in [5.41, 5.74) is 2.69. The Morgan fingerprint density at radius 1 is 1.17 bits per heavy atom. The summed E-state index contributed by atoms with van der Waals surface area (Å²) in [4.78, 5) is 2.20. The molecule has 0 aromatic carbocycles. The van der Waals surface area contributed by atoms with Gasteiger partial charge in [0.2, 0.25) is 0 Å². The van der Waals surface area contributed by atoms with E-state index in [0.717, 1.165) is 0 Å². The van der Waals surface area contributed by atoms with Gasteiger partial charge < -0.3 is 4.90 Å². The lowest BCUT2D eigenvalue weighted by Crippen LogP contribution is -2.20. The molecule has 1 heteroatoms. The van der Waals surface area contributed by atoms with Crippen molar-refractivity contribution in [3.63, 3.8) is 0 Å². The Morgan fingerprint density at radius 3 is 2.00 bits per heavy atom. The fourth-order valence-electron chi connectivity index (χ4n) is 1.12. The van der Waals surface area contributed by atoms with Crippen LogP contribution < -0.4 is 0 Å². The third kappa shape index (κ3) is 2.00. The Kier molecular flexibility index (Phi) is 2.74. The highest BCUT2D eigenvalue weighted by atomic mass is 15.1. The van der Waals surface area contributed by atoms with Crippen molar-refractivity contribution in [1.82, 2.24) is 4.90 Å². The molecule has 0 aromatic heterocycles. The van der Waals surface area contributed by atoms with Crippen LogP contribution in [0.25, 0.3) is 0 Å². The monoisotopic (exact) mass is 163 g/mol. The first kappa shape index (κ1) is 9.11. The van der Waals surface area contributed by atoms with Crippen LogP contribution in [0.1, 0.15) is 27.7 Å². The highest BCUT2D eigenvalue weighted by Gasteiger charge is 2.03. The summed E-state index contributed by atoms with van der Waals surface area (Å²) in [5.74, 6) is 0. The maximum atomic E-state index is 2.20. The second-order valence-electron chi connectivity index (χ2n) is 3.63.